The number of ether oxygens (including phenoxy) is 2. The third-order valence-corrected chi connectivity index (χ3v) is 5.99. The number of methoxy groups -OCH3 is 2. The van der Waals surface area contributed by atoms with E-state index < -0.39 is 71.9 Å². The Morgan fingerprint density at radius 3 is 2.18 bits per heavy atom. The number of aliphatic hydroxyl groups excluding tert-OH is 1. The highest BCUT2D eigenvalue weighted by Gasteiger charge is 2.52. The summed E-state index contributed by atoms with van der Waals surface area (Å²) in [7, 11) is 2.73. The van der Waals surface area contributed by atoms with Gasteiger partial charge in [0.2, 0.25) is 11.8 Å². The molecule has 10 nitrogen and oxygen atoms in total. The number of carbonyl (C=O) groups excluding carboxylic acids is 3. The lowest BCUT2D eigenvalue weighted by atomic mass is 9.75. The summed E-state index contributed by atoms with van der Waals surface area (Å²) in [6, 6.07) is -4.39. The lowest BCUT2D eigenvalue weighted by Gasteiger charge is -2.38. The molecule has 0 fully saturated rings. The summed E-state index contributed by atoms with van der Waals surface area (Å²) >= 11 is 0. The van der Waals surface area contributed by atoms with Crippen LogP contribution in [0.4, 0.5) is 22.0 Å². The Balaban J connectivity index is 3.25. The summed E-state index contributed by atoms with van der Waals surface area (Å²) in [6.45, 7) is 2.06. The maximum absolute atomic E-state index is 14.6. The lowest BCUT2D eigenvalue weighted by Crippen LogP contribution is -2.64. The number of rotatable bonds is 13. The molecule has 0 saturated carbocycles. The number of allylic oxidation sites excluding steroid dienone is 2. The third kappa shape index (κ3) is 8.91. The van der Waals surface area contributed by atoms with Gasteiger partial charge in [0.15, 0.2) is 0 Å². The van der Waals surface area contributed by atoms with Crippen molar-refractivity contribution in [2.75, 3.05) is 27.4 Å². The molecule has 0 radical (unpaired) electrons. The molecule has 5 atom stereocenters. The van der Waals surface area contributed by atoms with Crippen LogP contribution in [-0.4, -0.2) is 86.5 Å². The molecule has 0 bridgehead atoms. The Kier molecular flexibility index (Phi) is 11.7. The minimum atomic E-state index is -4.96. The van der Waals surface area contributed by atoms with Gasteiger partial charge >= 0.3 is 12.1 Å². The Morgan fingerprint density at radius 1 is 1.13 bits per heavy atom. The molecule has 1 aliphatic rings. The first-order valence-corrected chi connectivity index (χ1v) is 11.6. The van der Waals surface area contributed by atoms with Crippen molar-refractivity contribution in [1.82, 2.24) is 16.0 Å². The van der Waals surface area contributed by atoms with Crippen LogP contribution in [0.15, 0.2) is 24.0 Å². The number of aliphatic hydroxyl groups is 1. The molecule has 0 saturated heterocycles. The highest BCUT2D eigenvalue weighted by atomic mass is 19.4. The third-order valence-electron chi connectivity index (χ3n) is 5.99. The van der Waals surface area contributed by atoms with Crippen LogP contribution in [0.25, 0.3) is 0 Å². The van der Waals surface area contributed by atoms with Crippen molar-refractivity contribution in [2.24, 2.45) is 17.1 Å². The molecule has 1 aliphatic carbocycles. The van der Waals surface area contributed by atoms with Gasteiger partial charge in [-0.25, -0.2) is 0 Å². The Bertz CT molecular complexity index is 911. The van der Waals surface area contributed by atoms with Gasteiger partial charge in [-0.05, 0) is 24.5 Å². The number of alkyl halides is 5. The van der Waals surface area contributed by atoms with E-state index in [1.165, 1.54) is 28.1 Å². The second-order valence-corrected chi connectivity index (χ2v) is 9.50. The quantitative estimate of drug-likeness (QED) is 0.209. The highest BCUT2D eigenvalue weighted by molar-refractivity contribution is 5.91. The second-order valence-electron chi connectivity index (χ2n) is 9.50. The van der Waals surface area contributed by atoms with Gasteiger partial charge in [0.1, 0.15) is 30.5 Å². The van der Waals surface area contributed by atoms with Gasteiger partial charge in [0, 0.05) is 12.5 Å². The Morgan fingerprint density at radius 2 is 1.74 bits per heavy atom. The van der Waals surface area contributed by atoms with Gasteiger partial charge in [-0.3, -0.25) is 14.4 Å². The number of hydrogen-bond donors (Lipinski definition) is 5. The van der Waals surface area contributed by atoms with Gasteiger partial charge in [-0.1, -0.05) is 26.8 Å². The minimum Gasteiger partial charge on any atom is -0.497 e. The van der Waals surface area contributed by atoms with Gasteiger partial charge in [-0.15, -0.1) is 0 Å². The van der Waals surface area contributed by atoms with Crippen molar-refractivity contribution in [3.05, 3.63) is 24.0 Å². The predicted octanol–water partition coefficient (Wildman–Crippen LogP) is 0.757. The summed E-state index contributed by atoms with van der Waals surface area (Å²) in [4.78, 5) is 37.8. The summed E-state index contributed by atoms with van der Waals surface area (Å²) in [5.41, 5.74) is 4.64. The topological polar surface area (TPSA) is 152 Å². The lowest BCUT2D eigenvalue weighted by molar-refractivity contribution is -0.175. The van der Waals surface area contributed by atoms with Crippen LogP contribution in [0.2, 0.25) is 0 Å². The van der Waals surface area contributed by atoms with Crippen molar-refractivity contribution in [3.63, 3.8) is 0 Å². The average molecular weight is 559 g/mol. The standard InChI is InChI=1S/C23H35F5N4O6/c1-12(2)15(17(33)23(27,28)20(36)30-11-22(24,25)26)31-19(35)16(32-18(34)14(29)10-37-4)21(3)8-6-13(38-5)7-9-21/h6-8,12,14-17,33H,9-11,29H2,1-5H3,(H,30,36)(H,31,35)(H,32,34)/t14-,15-,16+,17+,21?/m0/s1. The van der Waals surface area contributed by atoms with Crippen LogP contribution in [0.3, 0.4) is 0 Å². The molecule has 38 heavy (non-hydrogen) atoms. The molecule has 1 unspecified atom stereocenters. The maximum Gasteiger partial charge on any atom is 0.405 e. The van der Waals surface area contributed by atoms with E-state index in [4.69, 9.17) is 15.2 Å². The van der Waals surface area contributed by atoms with Gasteiger partial charge < -0.3 is 36.3 Å². The van der Waals surface area contributed by atoms with Crippen molar-refractivity contribution >= 4 is 17.7 Å². The van der Waals surface area contributed by atoms with Crippen LogP contribution in [-0.2, 0) is 23.9 Å². The summed E-state index contributed by atoms with van der Waals surface area (Å²) < 4.78 is 76.4. The van der Waals surface area contributed by atoms with Crippen molar-refractivity contribution in [3.8, 4) is 0 Å². The van der Waals surface area contributed by atoms with Gasteiger partial charge in [-0.2, -0.15) is 22.0 Å². The molecule has 0 aromatic carbocycles. The van der Waals surface area contributed by atoms with E-state index in [-0.39, 0.29) is 13.0 Å². The second kappa shape index (κ2) is 13.3. The Hall–Kier alpha value is -2.78. The summed E-state index contributed by atoms with van der Waals surface area (Å²) in [5.74, 6) is -9.30. The zero-order chi connectivity index (χ0) is 29.5. The molecule has 15 heteroatoms. The molecule has 3 amide bonds. The first kappa shape index (κ1) is 33.2. The fraction of sp³-hybridized carbons (Fsp3) is 0.696. The van der Waals surface area contributed by atoms with Crippen molar-refractivity contribution in [1.29, 1.82) is 0 Å². The number of nitrogens with two attached hydrogens (primary N) is 1. The van der Waals surface area contributed by atoms with Crippen molar-refractivity contribution < 1.29 is 50.9 Å². The van der Waals surface area contributed by atoms with E-state index in [1.54, 1.807) is 25.2 Å². The molecule has 0 aromatic rings. The number of halogens is 5. The van der Waals surface area contributed by atoms with E-state index in [0.717, 1.165) is 5.32 Å². The SMILES string of the molecule is COC[C@H](N)C(=O)N[C@H](C(=O)N[C@@H](C(C)C)[C@@H](O)C(F)(F)C(=O)NCC(F)(F)F)C1(C)C=CC(OC)=CC1. The van der Waals surface area contributed by atoms with Crippen LogP contribution >= 0.6 is 0 Å². The molecular formula is C23H35F5N4O6. The fourth-order valence-corrected chi connectivity index (χ4v) is 3.64. The monoisotopic (exact) mass is 558 g/mol. The minimum absolute atomic E-state index is 0.162. The van der Waals surface area contributed by atoms with E-state index in [9.17, 15) is 41.4 Å². The Labute approximate surface area is 217 Å². The molecular weight excluding hydrogens is 523 g/mol. The molecule has 0 aliphatic heterocycles. The average Bonchev–Trinajstić information content (AvgIpc) is 2.83. The van der Waals surface area contributed by atoms with Crippen LogP contribution < -0.4 is 21.7 Å². The number of hydrogen-bond acceptors (Lipinski definition) is 7. The van der Waals surface area contributed by atoms with Crippen LogP contribution in [0.1, 0.15) is 27.2 Å². The zero-order valence-corrected chi connectivity index (χ0v) is 21.7. The van der Waals surface area contributed by atoms with E-state index in [2.05, 4.69) is 10.6 Å². The maximum atomic E-state index is 14.6. The molecule has 6 N–H and O–H groups in total. The first-order chi connectivity index (χ1) is 17.4. The summed E-state index contributed by atoms with van der Waals surface area (Å²) in [5, 5.41) is 16.1. The smallest absolute Gasteiger partial charge is 0.405 e. The molecule has 0 spiro atoms. The molecule has 1 rings (SSSR count). The van der Waals surface area contributed by atoms with Gasteiger partial charge in [0.25, 0.3) is 5.91 Å². The number of amides is 3. The molecule has 218 valence electrons. The number of nitrogens with one attached hydrogen (secondary N) is 3. The normalized spacial score (nSPS) is 21.1. The van der Waals surface area contributed by atoms with Crippen molar-refractivity contribution in [2.45, 2.75) is 63.5 Å². The zero-order valence-electron chi connectivity index (χ0n) is 21.7. The summed E-state index contributed by atoms with van der Waals surface area (Å²) in [6.07, 6.45) is -2.96. The predicted molar refractivity (Wildman–Crippen MR) is 126 cm³/mol. The van der Waals surface area contributed by atoms with Crippen LogP contribution in [0.5, 0.6) is 0 Å². The first-order valence-electron chi connectivity index (χ1n) is 11.6. The van der Waals surface area contributed by atoms with E-state index >= 15 is 0 Å². The highest BCUT2D eigenvalue weighted by Crippen LogP contribution is 2.34. The molecule has 0 aromatic heterocycles. The van der Waals surface area contributed by atoms with E-state index in [1.807, 2.05) is 0 Å². The van der Waals surface area contributed by atoms with Gasteiger partial charge in [0.05, 0.1) is 19.8 Å². The molecule has 0 heterocycles. The van der Waals surface area contributed by atoms with E-state index in [0.29, 0.717) is 5.76 Å². The fourth-order valence-electron chi connectivity index (χ4n) is 3.64. The largest absolute Gasteiger partial charge is 0.497 e. The van der Waals surface area contributed by atoms with Crippen LogP contribution in [0, 0.1) is 11.3 Å². The number of carbonyl (C=O) groups is 3.